The van der Waals surface area contributed by atoms with Gasteiger partial charge in [-0.15, -0.1) is 0 Å². The van der Waals surface area contributed by atoms with Gasteiger partial charge in [0, 0.05) is 23.7 Å². The van der Waals surface area contributed by atoms with Crippen molar-refractivity contribution in [3.8, 4) is 0 Å². The highest BCUT2D eigenvalue weighted by atomic mass is 35.5. The third-order valence-electron chi connectivity index (χ3n) is 3.83. The number of hydrogen-bond donors (Lipinski definition) is 1. The second-order valence-corrected chi connectivity index (χ2v) is 6.70. The number of nitrogens with zero attached hydrogens (tertiary/aromatic N) is 1. The van der Waals surface area contributed by atoms with Gasteiger partial charge in [-0.3, -0.25) is 9.59 Å². The van der Waals surface area contributed by atoms with E-state index in [1.807, 2.05) is 0 Å². The van der Waals surface area contributed by atoms with Crippen LogP contribution in [0.25, 0.3) is 0 Å². The number of carbonyl (C=O) groups is 2. The lowest BCUT2D eigenvalue weighted by Crippen LogP contribution is -2.28. The van der Waals surface area contributed by atoms with Gasteiger partial charge in [0.05, 0.1) is 21.7 Å². The number of amides is 2. The molecule has 1 N–H and O–H groups in total. The molecule has 0 radical (unpaired) electrons. The first-order chi connectivity index (χ1) is 11.5. The molecular formula is C17H13Cl3N2O2. The molecule has 0 spiro atoms. The molecule has 1 fully saturated rings. The van der Waals surface area contributed by atoms with Crippen LogP contribution >= 0.6 is 34.8 Å². The molecule has 1 aliphatic rings. The first-order valence-corrected chi connectivity index (χ1v) is 8.40. The third kappa shape index (κ3) is 3.51. The van der Waals surface area contributed by atoms with Crippen molar-refractivity contribution in [1.82, 2.24) is 0 Å². The Morgan fingerprint density at radius 2 is 1.88 bits per heavy atom. The van der Waals surface area contributed by atoms with Crippen LogP contribution in [0.15, 0.2) is 42.5 Å². The summed E-state index contributed by atoms with van der Waals surface area (Å²) in [4.78, 5) is 26.2. The Kier molecular flexibility index (Phi) is 4.99. The minimum Gasteiger partial charge on any atom is -0.324 e. The Balaban J connectivity index is 1.73. The second kappa shape index (κ2) is 7.01. The van der Waals surface area contributed by atoms with Gasteiger partial charge in [-0.1, -0.05) is 46.9 Å². The zero-order valence-electron chi connectivity index (χ0n) is 12.4. The van der Waals surface area contributed by atoms with E-state index in [2.05, 4.69) is 5.32 Å². The van der Waals surface area contributed by atoms with Crippen molar-refractivity contribution in [2.75, 3.05) is 16.8 Å². The summed E-state index contributed by atoms with van der Waals surface area (Å²) in [7, 11) is 0. The van der Waals surface area contributed by atoms with Gasteiger partial charge in [-0.05, 0) is 30.3 Å². The Labute approximate surface area is 154 Å². The highest BCUT2D eigenvalue weighted by Crippen LogP contribution is 2.31. The number of carbonyl (C=O) groups excluding carboxylic acids is 2. The lowest BCUT2D eigenvalue weighted by atomic mass is 10.1. The van der Waals surface area contributed by atoms with Crippen LogP contribution in [-0.2, 0) is 9.59 Å². The van der Waals surface area contributed by atoms with Crippen molar-refractivity contribution in [1.29, 1.82) is 0 Å². The van der Waals surface area contributed by atoms with E-state index < -0.39 is 5.92 Å². The molecule has 4 nitrogen and oxygen atoms in total. The van der Waals surface area contributed by atoms with Gasteiger partial charge in [-0.2, -0.15) is 0 Å². The zero-order chi connectivity index (χ0) is 17.3. The fourth-order valence-electron chi connectivity index (χ4n) is 2.61. The third-order valence-corrected chi connectivity index (χ3v) is 4.88. The Hall–Kier alpha value is -1.75. The fraction of sp³-hybridized carbons (Fsp3) is 0.176. The monoisotopic (exact) mass is 382 g/mol. The van der Waals surface area contributed by atoms with Crippen molar-refractivity contribution in [2.24, 2.45) is 5.92 Å². The summed E-state index contributed by atoms with van der Waals surface area (Å²) in [6.07, 6.45) is 0.135. The Morgan fingerprint density at radius 3 is 2.62 bits per heavy atom. The van der Waals surface area contributed by atoms with E-state index in [1.54, 1.807) is 47.4 Å². The topological polar surface area (TPSA) is 49.4 Å². The molecule has 24 heavy (non-hydrogen) atoms. The van der Waals surface area contributed by atoms with E-state index in [-0.39, 0.29) is 23.3 Å². The molecule has 0 aromatic heterocycles. The van der Waals surface area contributed by atoms with Gasteiger partial charge >= 0.3 is 0 Å². The maximum absolute atomic E-state index is 12.4. The molecule has 2 aromatic rings. The minimum atomic E-state index is -0.466. The Bertz CT molecular complexity index is 810. The summed E-state index contributed by atoms with van der Waals surface area (Å²) >= 11 is 18.0. The molecule has 2 aromatic carbocycles. The molecule has 2 amide bonds. The van der Waals surface area contributed by atoms with Crippen LogP contribution in [-0.4, -0.2) is 18.4 Å². The molecule has 3 rings (SSSR count). The highest BCUT2D eigenvalue weighted by molar-refractivity contribution is 6.44. The van der Waals surface area contributed by atoms with Crippen molar-refractivity contribution in [2.45, 2.75) is 6.42 Å². The SMILES string of the molecule is O=C(Nc1cccc(Cl)c1Cl)[C@H]1CC(=O)N(c2cccc(Cl)c2)C1. The van der Waals surface area contributed by atoms with Gasteiger partial charge in [0.25, 0.3) is 0 Å². The first-order valence-electron chi connectivity index (χ1n) is 7.26. The maximum Gasteiger partial charge on any atom is 0.229 e. The van der Waals surface area contributed by atoms with Crippen LogP contribution in [0.5, 0.6) is 0 Å². The standard InChI is InChI=1S/C17H13Cl3N2O2/c18-11-3-1-4-12(8-11)22-9-10(7-15(22)23)17(24)21-14-6-2-5-13(19)16(14)20/h1-6,8,10H,7,9H2,(H,21,24)/t10-/m0/s1. The van der Waals surface area contributed by atoms with E-state index in [1.165, 1.54) is 0 Å². The van der Waals surface area contributed by atoms with Crippen molar-refractivity contribution < 1.29 is 9.59 Å². The first kappa shape index (κ1) is 17.1. The van der Waals surface area contributed by atoms with Crippen LogP contribution < -0.4 is 10.2 Å². The number of anilines is 2. The van der Waals surface area contributed by atoms with Gasteiger partial charge in [0.1, 0.15) is 0 Å². The summed E-state index contributed by atoms with van der Waals surface area (Å²) in [5, 5.41) is 3.92. The van der Waals surface area contributed by atoms with Crippen LogP contribution in [0.1, 0.15) is 6.42 Å². The van der Waals surface area contributed by atoms with Crippen molar-refractivity contribution in [3.05, 3.63) is 57.5 Å². The van der Waals surface area contributed by atoms with Gasteiger partial charge in [0.15, 0.2) is 0 Å². The molecule has 1 atom stereocenters. The van der Waals surface area contributed by atoms with E-state index in [4.69, 9.17) is 34.8 Å². The molecule has 0 aliphatic carbocycles. The lowest BCUT2D eigenvalue weighted by molar-refractivity contribution is -0.122. The largest absolute Gasteiger partial charge is 0.324 e. The maximum atomic E-state index is 12.4. The predicted molar refractivity (Wildman–Crippen MR) is 97.0 cm³/mol. The molecule has 0 unspecified atom stereocenters. The van der Waals surface area contributed by atoms with Crippen molar-refractivity contribution in [3.63, 3.8) is 0 Å². The number of benzene rings is 2. The number of halogens is 3. The van der Waals surface area contributed by atoms with Crippen molar-refractivity contribution >= 4 is 58.0 Å². The van der Waals surface area contributed by atoms with Crippen LogP contribution in [0.3, 0.4) is 0 Å². The fourth-order valence-corrected chi connectivity index (χ4v) is 3.14. The van der Waals surface area contributed by atoms with E-state index in [0.29, 0.717) is 28.0 Å². The van der Waals surface area contributed by atoms with Gasteiger partial charge in [-0.25, -0.2) is 0 Å². The summed E-state index contributed by atoms with van der Waals surface area (Å²) < 4.78 is 0. The lowest BCUT2D eigenvalue weighted by Gasteiger charge is -2.17. The predicted octanol–water partition coefficient (Wildman–Crippen LogP) is 4.64. The van der Waals surface area contributed by atoms with E-state index in [9.17, 15) is 9.59 Å². The number of nitrogens with one attached hydrogen (secondary N) is 1. The van der Waals surface area contributed by atoms with E-state index in [0.717, 1.165) is 0 Å². The second-order valence-electron chi connectivity index (χ2n) is 5.48. The highest BCUT2D eigenvalue weighted by Gasteiger charge is 2.35. The molecule has 1 heterocycles. The quantitative estimate of drug-likeness (QED) is 0.839. The summed E-state index contributed by atoms with van der Waals surface area (Å²) in [5.41, 5.74) is 1.12. The molecule has 7 heteroatoms. The van der Waals surface area contributed by atoms with Crippen LogP contribution in [0, 0.1) is 5.92 Å². The summed E-state index contributed by atoms with van der Waals surface area (Å²) in [6, 6.07) is 12.0. The summed E-state index contributed by atoms with van der Waals surface area (Å²) in [5.74, 6) is -0.849. The molecule has 1 aliphatic heterocycles. The van der Waals surface area contributed by atoms with Crippen LogP contribution in [0.2, 0.25) is 15.1 Å². The molecule has 1 saturated heterocycles. The molecule has 124 valence electrons. The zero-order valence-corrected chi connectivity index (χ0v) is 14.7. The molecular weight excluding hydrogens is 371 g/mol. The van der Waals surface area contributed by atoms with Gasteiger partial charge in [0.2, 0.25) is 11.8 Å². The number of rotatable bonds is 3. The number of hydrogen-bond acceptors (Lipinski definition) is 2. The average Bonchev–Trinajstić information content (AvgIpc) is 2.94. The minimum absolute atomic E-state index is 0.116. The average molecular weight is 384 g/mol. The smallest absolute Gasteiger partial charge is 0.229 e. The van der Waals surface area contributed by atoms with E-state index >= 15 is 0 Å². The van der Waals surface area contributed by atoms with Crippen LogP contribution in [0.4, 0.5) is 11.4 Å². The normalized spacial score (nSPS) is 17.2. The Morgan fingerprint density at radius 1 is 1.12 bits per heavy atom. The molecule has 0 bridgehead atoms. The molecule has 0 saturated carbocycles. The van der Waals surface area contributed by atoms with Gasteiger partial charge < -0.3 is 10.2 Å². The summed E-state index contributed by atoms with van der Waals surface area (Å²) in [6.45, 7) is 0.295.